The van der Waals surface area contributed by atoms with Crippen LogP contribution >= 0.6 is 24.0 Å². The van der Waals surface area contributed by atoms with Crippen molar-refractivity contribution in [1.29, 1.82) is 0 Å². The number of aromatic nitrogens is 1. The number of morpholine rings is 1. The topological polar surface area (TPSA) is 73.0 Å². The van der Waals surface area contributed by atoms with E-state index in [-0.39, 0.29) is 29.8 Å². The highest BCUT2D eigenvalue weighted by atomic mass is 127. The quantitative estimate of drug-likeness (QED) is 0.434. The van der Waals surface area contributed by atoms with Crippen LogP contribution in [0.3, 0.4) is 0 Å². The molecular weight excluding hydrogens is 438 g/mol. The van der Waals surface area contributed by atoms with Crippen molar-refractivity contribution in [3.05, 3.63) is 54.0 Å². The largest absolute Gasteiger partial charge is 0.439 e. The Balaban J connectivity index is 0.00000225. The van der Waals surface area contributed by atoms with Gasteiger partial charge in [0.2, 0.25) is 5.88 Å². The predicted molar refractivity (Wildman–Crippen MR) is 104 cm³/mol. The summed E-state index contributed by atoms with van der Waals surface area (Å²) in [4.78, 5) is 10.6. The van der Waals surface area contributed by atoms with Gasteiger partial charge in [-0.2, -0.15) is 0 Å². The number of nitrogens with two attached hydrogens (primary N) is 1. The molecule has 0 unspecified atom stereocenters. The zero-order valence-corrected chi connectivity index (χ0v) is 15.9. The lowest BCUT2D eigenvalue weighted by molar-refractivity contribution is 0.0674. The monoisotopic (exact) mass is 458 g/mol. The first-order chi connectivity index (χ1) is 11.7. The Labute approximate surface area is 162 Å². The fourth-order valence-electron chi connectivity index (χ4n) is 2.29. The van der Waals surface area contributed by atoms with E-state index in [1.54, 1.807) is 24.4 Å². The van der Waals surface area contributed by atoms with Gasteiger partial charge in [0, 0.05) is 25.4 Å². The fraction of sp³-hybridized carbons (Fsp3) is 0.294. The lowest BCUT2D eigenvalue weighted by Gasteiger charge is -2.27. The van der Waals surface area contributed by atoms with E-state index in [9.17, 15) is 4.39 Å². The lowest BCUT2D eigenvalue weighted by atomic mass is 10.2. The van der Waals surface area contributed by atoms with Gasteiger partial charge in [-0.05, 0) is 35.9 Å². The molecule has 1 fully saturated rings. The van der Waals surface area contributed by atoms with Crippen molar-refractivity contribution in [2.75, 3.05) is 26.3 Å². The first kappa shape index (κ1) is 19.4. The summed E-state index contributed by atoms with van der Waals surface area (Å²) in [5, 5.41) is 0. The summed E-state index contributed by atoms with van der Waals surface area (Å²) in [6, 6.07) is 9.43. The Morgan fingerprint density at radius 3 is 2.68 bits per heavy atom. The molecule has 25 heavy (non-hydrogen) atoms. The molecule has 2 aromatic rings. The first-order valence-electron chi connectivity index (χ1n) is 7.72. The second-order valence-electron chi connectivity index (χ2n) is 5.33. The van der Waals surface area contributed by atoms with Crippen LogP contribution in [-0.4, -0.2) is 42.1 Å². The van der Waals surface area contributed by atoms with Gasteiger partial charge in [-0.1, -0.05) is 0 Å². The number of rotatable bonds is 4. The van der Waals surface area contributed by atoms with Crippen LogP contribution in [0.4, 0.5) is 4.39 Å². The molecule has 1 saturated heterocycles. The minimum absolute atomic E-state index is 0. The first-order valence-corrected chi connectivity index (χ1v) is 7.72. The van der Waals surface area contributed by atoms with Crippen LogP contribution in [0.2, 0.25) is 0 Å². The molecule has 0 atom stereocenters. The molecule has 6 nitrogen and oxygen atoms in total. The smallest absolute Gasteiger partial charge is 0.219 e. The van der Waals surface area contributed by atoms with Gasteiger partial charge in [0.05, 0.1) is 19.8 Å². The van der Waals surface area contributed by atoms with Crippen LogP contribution in [-0.2, 0) is 11.3 Å². The van der Waals surface area contributed by atoms with Crippen molar-refractivity contribution < 1.29 is 13.9 Å². The van der Waals surface area contributed by atoms with E-state index >= 15 is 0 Å². The maximum Gasteiger partial charge on any atom is 0.219 e. The molecule has 1 aromatic heterocycles. The number of hydrogen-bond acceptors (Lipinski definition) is 4. The molecule has 3 rings (SSSR count). The van der Waals surface area contributed by atoms with Gasteiger partial charge in [0.1, 0.15) is 11.6 Å². The Bertz CT molecular complexity index is 706. The standard InChI is InChI=1S/C17H19FN4O2.HI/c18-14-1-3-15(4-2-14)24-16-11-13(5-6-20-16)12-21-17(19)22-7-9-23-10-8-22;/h1-6,11H,7-10,12H2,(H2,19,21);1H. The number of halogens is 2. The summed E-state index contributed by atoms with van der Waals surface area (Å²) in [7, 11) is 0. The van der Waals surface area contributed by atoms with Crippen LogP contribution in [0, 0.1) is 5.82 Å². The average molecular weight is 458 g/mol. The highest BCUT2D eigenvalue weighted by Crippen LogP contribution is 2.20. The van der Waals surface area contributed by atoms with Crippen LogP contribution in [0.5, 0.6) is 11.6 Å². The number of nitrogens with zero attached hydrogens (tertiary/aromatic N) is 3. The third-order valence-corrected chi connectivity index (χ3v) is 3.59. The molecule has 0 aliphatic carbocycles. The molecule has 0 amide bonds. The number of pyridine rings is 1. The second-order valence-corrected chi connectivity index (χ2v) is 5.33. The number of hydrogen-bond donors (Lipinski definition) is 1. The molecule has 134 valence electrons. The van der Waals surface area contributed by atoms with Crippen molar-refractivity contribution in [3.63, 3.8) is 0 Å². The van der Waals surface area contributed by atoms with Gasteiger partial charge >= 0.3 is 0 Å². The summed E-state index contributed by atoms with van der Waals surface area (Å²) in [5.74, 6) is 1.16. The van der Waals surface area contributed by atoms with Crippen LogP contribution < -0.4 is 10.5 Å². The Morgan fingerprint density at radius 1 is 1.24 bits per heavy atom. The summed E-state index contributed by atoms with van der Waals surface area (Å²) in [6.45, 7) is 3.28. The third-order valence-electron chi connectivity index (χ3n) is 3.59. The highest BCUT2D eigenvalue weighted by Gasteiger charge is 2.12. The van der Waals surface area contributed by atoms with Crippen molar-refractivity contribution in [3.8, 4) is 11.6 Å². The molecule has 8 heteroatoms. The van der Waals surface area contributed by atoms with E-state index in [1.807, 2.05) is 11.0 Å². The number of benzene rings is 1. The minimum Gasteiger partial charge on any atom is -0.439 e. The van der Waals surface area contributed by atoms with Gasteiger partial charge in [-0.25, -0.2) is 14.4 Å². The van der Waals surface area contributed by atoms with Crippen molar-refractivity contribution in [2.24, 2.45) is 10.7 Å². The summed E-state index contributed by atoms with van der Waals surface area (Å²) < 4.78 is 23.8. The molecule has 0 spiro atoms. The molecule has 1 aliphatic heterocycles. The average Bonchev–Trinajstić information content (AvgIpc) is 2.63. The van der Waals surface area contributed by atoms with Crippen LogP contribution in [0.15, 0.2) is 47.6 Å². The number of guanidine groups is 1. The van der Waals surface area contributed by atoms with Gasteiger partial charge in [0.15, 0.2) is 5.96 Å². The summed E-state index contributed by atoms with van der Waals surface area (Å²) >= 11 is 0. The van der Waals surface area contributed by atoms with Gasteiger partial charge in [-0.15, -0.1) is 24.0 Å². The van der Waals surface area contributed by atoms with E-state index in [0.717, 1.165) is 18.7 Å². The Kier molecular flexibility index (Phi) is 7.38. The van der Waals surface area contributed by atoms with Gasteiger partial charge < -0.3 is 20.1 Å². The zero-order chi connectivity index (χ0) is 16.8. The van der Waals surface area contributed by atoms with Gasteiger partial charge in [-0.3, -0.25) is 0 Å². The SMILES string of the molecule is I.NC(=NCc1ccnc(Oc2ccc(F)cc2)c1)N1CCOCC1. The lowest BCUT2D eigenvalue weighted by Crippen LogP contribution is -2.44. The highest BCUT2D eigenvalue weighted by molar-refractivity contribution is 14.0. The van der Waals surface area contributed by atoms with Crippen molar-refractivity contribution >= 4 is 29.9 Å². The van der Waals surface area contributed by atoms with Crippen molar-refractivity contribution in [2.45, 2.75) is 6.54 Å². The molecule has 0 radical (unpaired) electrons. The van der Waals surface area contributed by atoms with E-state index in [0.29, 0.717) is 37.3 Å². The number of aliphatic imine (C=N–C) groups is 1. The summed E-state index contributed by atoms with van der Waals surface area (Å²) in [6.07, 6.45) is 1.65. The van der Waals surface area contributed by atoms with Crippen molar-refractivity contribution in [1.82, 2.24) is 9.88 Å². The van der Waals surface area contributed by atoms with E-state index in [2.05, 4.69) is 9.98 Å². The molecule has 0 bridgehead atoms. The van der Waals surface area contributed by atoms with E-state index in [4.69, 9.17) is 15.2 Å². The van der Waals surface area contributed by atoms with Crippen LogP contribution in [0.25, 0.3) is 0 Å². The molecular formula is C17H20FIN4O2. The van der Waals surface area contributed by atoms with Crippen LogP contribution in [0.1, 0.15) is 5.56 Å². The van der Waals surface area contributed by atoms with E-state index in [1.165, 1.54) is 12.1 Å². The Hall–Kier alpha value is -1.94. The molecule has 2 heterocycles. The zero-order valence-electron chi connectivity index (χ0n) is 13.6. The molecule has 0 saturated carbocycles. The minimum atomic E-state index is -0.308. The van der Waals surface area contributed by atoms with E-state index < -0.39 is 0 Å². The maximum absolute atomic E-state index is 12.9. The normalized spacial score (nSPS) is 14.8. The number of ether oxygens (including phenoxy) is 2. The van der Waals surface area contributed by atoms with Gasteiger partial charge in [0.25, 0.3) is 0 Å². The fourth-order valence-corrected chi connectivity index (χ4v) is 2.29. The third kappa shape index (κ3) is 5.82. The molecule has 2 N–H and O–H groups in total. The molecule has 1 aliphatic rings. The maximum atomic E-state index is 12.9. The molecule has 1 aromatic carbocycles. The second kappa shape index (κ2) is 9.52. The summed E-state index contributed by atoms with van der Waals surface area (Å²) in [5.41, 5.74) is 6.94. The predicted octanol–water partition coefficient (Wildman–Crippen LogP) is 2.78. The Morgan fingerprint density at radius 2 is 1.96 bits per heavy atom.